The molecule has 0 radical (unpaired) electrons. The Morgan fingerprint density at radius 1 is 0.768 bits per heavy atom. The summed E-state index contributed by atoms with van der Waals surface area (Å²) in [6.45, 7) is 5.30. The van der Waals surface area contributed by atoms with E-state index in [-0.39, 0.29) is 76.6 Å². The maximum atomic E-state index is 13.7. The van der Waals surface area contributed by atoms with Crippen molar-refractivity contribution in [3.8, 4) is 11.1 Å². The van der Waals surface area contributed by atoms with Gasteiger partial charge in [-0.15, -0.1) is 0 Å². The SMILES string of the molecule is CC(C)[C@H](NC(=O)OCC1c2ccccc2-c2ccccc21)C(=O)C[C@@H](CCCNC(N)=O)C(=O)Nc1ccc(COC(=O)NCCOCCOCCO)cc1. The van der Waals surface area contributed by atoms with Gasteiger partial charge in [0.25, 0.3) is 0 Å². The maximum absolute atomic E-state index is 13.7. The van der Waals surface area contributed by atoms with E-state index in [1.807, 2.05) is 48.5 Å². The van der Waals surface area contributed by atoms with E-state index < -0.39 is 36.1 Å². The van der Waals surface area contributed by atoms with Crippen molar-refractivity contribution in [3.63, 3.8) is 0 Å². The summed E-state index contributed by atoms with van der Waals surface area (Å²) >= 11 is 0. The standard InChI is InChI=1S/C41H53N5O10/c1-27(2)37(46-41(52)56-26-35-33-11-5-3-9-31(33)32-10-4-6-12-34(32)35)36(48)24-29(8-7-17-43-39(42)50)38(49)45-30-15-13-28(14-16-30)25-55-40(51)44-18-20-53-22-23-54-21-19-47/h3-6,9-16,27,29,35,37,47H,7-8,17-26H2,1-2H3,(H,44,51)(H,45,49)(H,46,52)(H3,42,43,50)/t29-,37+/m1/s1. The van der Waals surface area contributed by atoms with Crippen molar-refractivity contribution in [1.82, 2.24) is 16.0 Å². The summed E-state index contributed by atoms with van der Waals surface area (Å²) in [5, 5.41) is 19.4. The number of benzene rings is 3. The Bertz CT molecular complexity index is 1710. The Hall–Kier alpha value is -5.51. The van der Waals surface area contributed by atoms with Crippen molar-refractivity contribution in [2.24, 2.45) is 17.6 Å². The number of hydrogen-bond acceptors (Lipinski definition) is 10. The summed E-state index contributed by atoms with van der Waals surface area (Å²) in [4.78, 5) is 63.7. The number of aliphatic hydroxyl groups excluding tert-OH is 1. The van der Waals surface area contributed by atoms with Crippen LogP contribution < -0.4 is 27.0 Å². The lowest BCUT2D eigenvalue weighted by atomic mass is 9.89. The number of aliphatic hydroxyl groups is 1. The molecular weight excluding hydrogens is 722 g/mol. The van der Waals surface area contributed by atoms with Gasteiger partial charge in [0.2, 0.25) is 5.91 Å². The van der Waals surface area contributed by atoms with Crippen LogP contribution in [0.3, 0.4) is 0 Å². The number of Topliss-reactive ketones (excluding diaryl/α,β-unsaturated/α-hetero) is 1. The highest BCUT2D eigenvalue weighted by molar-refractivity contribution is 5.97. The fourth-order valence-corrected chi connectivity index (χ4v) is 6.38. The number of rotatable bonds is 23. The van der Waals surface area contributed by atoms with E-state index in [1.54, 1.807) is 38.1 Å². The van der Waals surface area contributed by atoms with Crippen molar-refractivity contribution >= 4 is 35.6 Å². The molecule has 3 aromatic rings. The first-order valence-corrected chi connectivity index (χ1v) is 18.8. The molecule has 0 aromatic heterocycles. The number of anilines is 1. The second kappa shape index (κ2) is 22.8. The minimum Gasteiger partial charge on any atom is -0.449 e. The third-order valence-electron chi connectivity index (χ3n) is 9.19. The quantitative estimate of drug-likeness (QED) is 0.0744. The predicted molar refractivity (Wildman–Crippen MR) is 209 cm³/mol. The van der Waals surface area contributed by atoms with E-state index >= 15 is 0 Å². The zero-order valence-electron chi connectivity index (χ0n) is 31.9. The summed E-state index contributed by atoms with van der Waals surface area (Å²) in [6, 6.07) is 21.1. The summed E-state index contributed by atoms with van der Waals surface area (Å²) in [5.41, 5.74) is 10.7. The number of nitrogens with one attached hydrogen (secondary N) is 4. The molecule has 7 N–H and O–H groups in total. The smallest absolute Gasteiger partial charge is 0.407 e. The van der Waals surface area contributed by atoms with Crippen LogP contribution in [0.15, 0.2) is 72.8 Å². The van der Waals surface area contributed by atoms with E-state index in [1.165, 1.54) is 0 Å². The molecule has 1 aliphatic rings. The molecule has 56 heavy (non-hydrogen) atoms. The Morgan fingerprint density at radius 3 is 2.04 bits per heavy atom. The van der Waals surface area contributed by atoms with Crippen LogP contribution in [0, 0.1) is 11.8 Å². The second-order valence-electron chi connectivity index (χ2n) is 13.6. The number of primary amides is 1. The predicted octanol–water partition coefficient (Wildman–Crippen LogP) is 4.46. The van der Waals surface area contributed by atoms with Crippen molar-refractivity contribution in [2.45, 2.75) is 51.7 Å². The number of hydrogen-bond donors (Lipinski definition) is 6. The Kier molecular flexibility index (Phi) is 17.6. The molecule has 0 spiro atoms. The number of amides is 5. The zero-order chi connectivity index (χ0) is 40.3. The van der Waals surface area contributed by atoms with E-state index in [9.17, 15) is 24.0 Å². The van der Waals surface area contributed by atoms with Gasteiger partial charge < -0.3 is 51.1 Å². The summed E-state index contributed by atoms with van der Waals surface area (Å²) in [6.07, 6.45) is -0.869. The first kappa shape index (κ1) is 43.2. The average molecular weight is 776 g/mol. The van der Waals surface area contributed by atoms with Gasteiger partial charge in [-0.2, -0.15) is 0 Å². The van der Waals surface area contributed by atoms with Crippen molar-refractivity contribution in [3.05, 3.63) is 89.5 Å². The number of ketones is 1. The van der Waals surface area contributed by atoms with Crippen LogP contribution in [0.2, 0.25) is 0 Å². The minimum absolute atomic E-state index is 0.00677. The fourth-order valence-electron chi connectivity index (χ4n) is 6.38. The molecule has 3 aromatic carbocycles. The molecule has 0 unspecified atom stereocenters. The van der Waals surface area contributed by atoms with Crippen LogP contribution in [0.4, 0.5) is 20.1 Å². The van der Waals surface area contributed by atoms with Gasteiger partial charge in [0.05, 0.1) is 39.1 Å². The Balaban J connectivity index is 1.28. The molecule has 4 rings (SSSR count). The zero-order valence-corrected chi connectivity index (χ0v) is 31.9. The maximum Gasteiger partial charge on any atom is 0.407 e. The van der Waals surface area contributed by atoms with Gasteiger partial charge in [-0.3, -0.25) is 9.59 Å². The molecule has 15 nitrogen and oxygen atoms in total. The van der Waals surface area contributed by atoms with E-state index in [0.717, 1.165) is 22.3 Å². The van der Waals surface area contributed by atoms with Gasteiger partial charge in [-0.25, -0.2) is 14.4 Å². The number of alkyl carbamates (subject to hydrolysis) is 2. The molecule has 0 saturated heterocycles. The van der Waals surface area contributed by atoms with Crippen molar-refractivity contribution < 1.29 is 48.0 Å². The van der Waals surface area contributed by atoms with Crippen LogP contribution in [-0.2, 0) is 35.1 Å². The molecule has 0 bridgehead atoms. The molecule has 1 aliphatic carbocycles. The number of carbonyl (C=O) groups excluding carboxylic acids is 5. The summed E-state index contributed by atoms with van der Waals surface area (Å²) < 4.78 is 21.3. The highest BCUT2D eigenvalue weighted by atomic mass is 16.6. The van der Waals surface area contributed by atoms with E-state index in [4.69, 9.17) is 29.8 Å². The van der Waals surface area contributed by atoms with Gasteiger partial charge in [-0.05, 0) is 58.7 Å². The molecule has 15 heteroatoms. The van der Waals surface area contributed by atoms with Crippen LogP contribution in [-0.4, -0.2) is 93.8 Å². The van der Waals surface area contributed by atoms with Gasteiger partial charge in [0.1, 0.15) is 13.2 Å². The Labute approximate surface area is 327 Å². The molecule has 0 saturated carbocycles. The van der Waals surface area contributed by atoms with Crippen LogP contribution in [0.25, 0.3) is 11.1 Å². The third kappa shape index (κ3) is 13.7. The molecule has 0 heterocycles. The van der Waals surface area contributed by atoms with Crippen LogP contribution in [0.1, 0.15) is 55.7 Å². The van der Waals surface area contributed by atoms with E-state index in [0.29, 0.717) is 30.9 Å². The topological polar surface area (TPSA) is 217 Å². The highest BCUT2D eigenvalue weighted by Gasteiger charge is 2.32. The average Bonchev–Trinajstić information content (AvgIpc) is 3.51. The second-order valence-corrected chi connectivity index (χ2v) is 13.6. The third-order valence-corrected chi connectivity index (χ3v) is 9.19. The van der Waals surface area contributed by atoms with Crippen molar-refractivity contribution in [1.29, 1.82) is 0 Å². The first-order valence-electron chi connectivity index (χ1n) is 18.8. The fraction of sp³-hybridized carbons (Fsp3) is 0.439. The summed E-state index contributed by atoms with van der Waals surface area (Å²) in [7, 11) is 0. The number of nitrogens with two attached hydrogens (primary N) is 1. The van der Waals surface area contributed by atoms with Gasteiger partial charge >= 0.3 is 18.2 Å². The lowest BCUT2D eigenvalue weighted by Gasteiger charge is -2.24. The van der Waals surface area contributed by atoms with Gasteiger partial charge in [-0.1, -0.05) is 74.5 Å². The highest BCUT2D eigenvalue weighted by Crippen LogP contribution is 2.44. The lowest BCUT2D eigenvalue weighted by molar-refractivity contribution is -0.128. The van der Waals surface area contributed by atoms with Gasteiger partial charge in [0, 0.05) is 37.0 Å². The molecule has 302 valence electrons. The minimum atomic E-state index is -0.911. The number of carbonyl (C=O) groups is 5. The molecular formula is C41H53N5O10. The Morgan fingerprint density at radius 2 is 1.41 bits per heavy atom. The van der Waals surface area contributed by atoms with Gasteiger partial charge in [0.15, 0.2) is 5.78 Å². The normalized spacial score (nSPS) is 12.9. The number of fused-ring (bicyclic) bond motifs is 3. The molecule has 0 fully saturated rings. The largest absolute Gasteiger partial charge is 0.449 e. The van der Waals surface area contributed by atoms with Crippen LogP contribution in [0.5, 0.6) is 0 Å². The lowest BCUT2D eigenvalue weighted by Crippen LogP contribution is -2.46. The number of urea groups is 1. The number of ether oxygens (including phenoxy) is 4. The molecule has 5 amide bonds. The van der Waals surface area contributed by atoms with E-state index in [2.05, 4.69) is 21.3 Å². The summed E-state index contributed by atoms with van der Waals surface area (Å²) in [5.74, 6) is -1.97. The first-order chi connectivity index (χ1) is 27.1. The molecule has 0 aliphatic heterocycles. The van der Waals surface area contributed by atoms with Crippen molar-refractivity contribution in [2.75, 3.05) is 58.0 Å². The monoisotopic (exact) mass is 775 g/mol. The molecule has 2 atom stereocenters. The van der Waals surface area contributed by atoms with Crippen LogP contribution >= 0.6 is 0 Å².